The molecule has 186 valence electrons. The molecular formula is C25H26ClFN2O5S. The van der Waals surface area contributed by atoms with E-state index in [2.05, 4.69) is 5.32 Å². The number of nitrogens with one attached hydrogen (secondary N) is 1. The molecule has 2 aliphatic heterocycles. The Labute approximate surface area is 208 Å². The second-order valence-corrected chi connectivity index (χ2v) is 12.1. The van der Waals surface area contributed by atoms with Crippen molar-refractivity contribution in [3.8, 4) is 0 Å². The molecule has 3 fully saturated rings. The van der Waals surface area contributed by atoms with E-state index in [0.29, 0.717) is 25.2 Å². The lowest BCUT2D eigenvalue weighted by atomic mass is 9.80. The fourth-order valence-corrected chi connectivity index (χ4v) is 6.08. The second kappa shape index (κ2) is 9.19. The van der Waals surface area contributed by atoms with Gasteiger partial charge in [-0.05, 0) is 55.5 Å². The van der Waals surface area contributed by atoms with E-state index in [4.69, 9.17) is 16.3 Å². The number of sulfone groups is 1. The first-order valence-corrected chi connectivity index (χ1v) is 13.9. The SMILES string of the molecule is CS(=O)(=O)c1cccc(C(=O)N2[C@@H](C(=O)N[C@@H](c3ccc(Cl)cc3F)C3COC3)C[C@H]3CC[C@H]32)c1. The van der Waals surface area contributed by atoms with Crippen molar-refractivity contribution in [3.05, 3.63) is 64.4 Å². The van der Waals surface area contributed by atoms with Crippen molar-refractivity contribution in [1.82, 2.24) is 10.2 Å². The van der Waals surface area contributed by atoms with Crippen LogP contribution >= 0.6 is 11.6 Å². The molecule has 0 radical (unpaired) electrons. The molecule has 2 saturated heterocycles. The van der Waals surface area contributed by atoms with Crippen LogP contribution in [-0.2, 0) is 19.4 Å². The van der Waals surface area contributed by atoms with E-state index in [-0.39, 0.29) is 45.2 Å². The van der Waals surface area contributed by atoms with Gasteiger partial charge in [0.25, 0.3) is 5.91 Å². The van der Waals surface area contributed by atoms with Gasteiger partial charge in [0, 0.05) is 34.4 Å². The molecule has 2 amide bonds. The van der Waals surface area contributed by atoms with E-state index in [1.165, 1.54) is 24.3 Å². The zero-order valence-electron chi connectivity index (χ0n) is 19.1. The molecule has 35 heavy (non-hydrogen) atoms. The number of benzene rings is 2. The predicted molar refractivity (Wildman–Crippen MR) is 127 cm³/mol. The first kappa shape index (κ1) is 24.2. The van der Waals surface area contributed by atoms with Gasteiger partial charge in [-0.3, -0.25) is 9.59 Å². The summed E-state index contributed by atoms with van der Waals surface area (Å²) in [7, 11) is -3.49. The third-order valence-electron chi connectivity index (χ3n) is 7.37. The van der Waals surface area contributed by atoms with Crippen molar-refractivity contribution in [2.75, 3.05) is 19.5 Å². The number of fused-ring (bicyclic) bond motifs is 1. The van der Waals surface area contributed by atoms with Gasteiger partial charge < -0.3 is 15.0 Å². The van der Waals surface area contributed by atoms with Gasteiger partial charge in [-0.25, -0.2) is 12.8 Å². The van der Waals surface area contributed by atoms with Crippen molar-refractivity contribution < 1.29 is 27.1 Å². The van der Waals surface area contributed by atoms with Crippen LogP contribution in [0.1, 0.15) is 41.2 Å². The van der Waals surface area contributed by atoms with E-state index in [9.17, 15) is 22.4 Å². The quantitative estimate of drug-likeness (QED) is 0.630. The predicted octanol–water partition coefficient (Wildman–Crippen LogP) is 3.38. The molecule has 2 heterocycles. The maximum absolute atomic E-state index is 14.8. The number of amides is 2. The topological polar surface area (TPSA) is 92.8 Å². The summed E-state index contributed by atoms with van der Waals surface area (Å²) in [6, 6.07) is 8.86. The van der Waals surface area contributed by atoms with Crippen LogP contribution in [0.3, 0.4) is 0 Å². The molecule has 3 aliphatic rings. The molecule has 5 rings (SSSR count). The Kier molecular flexibility index (Phi) is 6.35. The van der Waals surface area contributed by atoms with E-state index < -0.39 is 27.7 Å². The minimum atomic E-state index is -3.49. The number of rotatable bonds is 6. The number of ether oxygens (including phenoxy) is 1. The summed E-state index contributed by atoms with van der Waals surface area (Å²) in [5.41, 5.74) is 0.557. The van der Waals surface area contributed by atoms with Crippen LogP contribution in [0.25, 0.3) is 0 Å². The van der Waals surface area contributed by atoms with Crippen LogP contribution in [0, 0.1) is 17.7 Å². The van der Waals surface area contributed by atoms with Gasteiger partial charge in [0.15, 0.2) is 9.84 Å². The van der Waals surface area contributed by atoms with Crippen molar-refractivity contribution in [2.24, 2.45) is 11.8 Å². The molecule has 1 N–H and O–H groups in total. The van der Waals surface area contributed by atoms with Gasteiger partial charge in [-0.1, -0.05) is 23.7 Å². The number of carbonyl (C=O) groups is 2. The Balaban J connectivity index is 1.42. The highest BCUT2D eigenvalue weighted by Gasteiger charge is 2.51. The van der Waals surface area contributed by atoms with Gasteiger partial charge in [0.2, 0.25) is 5.91 Å². The molecule has 1 aliphatic carbocycles. The summed E-state index contributed by atoms with van der Waals surface area (Å²) < 4.78 is 44.0. The number of halogens is 2. The summed E-state index contributed by atoms with van der Waals surface area (Å²) in [6.07, 6.45) is 3.32. The fraction of sp³-hybridized carbons (Fsp3) is 0.440. The standard InChI is InChI=1S/C25H26ClFN2O5S/c1-35(32,33)18-4-2-3-15(9-18)25(31)29-21-8-5-14(21)10-22(29)24(30)28-23(16-12-34-13-16)19-7-6-17(26)11-20(19)27/h2-4,6-7,9,11,14,16,21-23H,5,8,10,12-13H2,1H3,(H,28,30)/t14-,21-,22-,23-/m1/s1. The Bertz CT molecular complexity index is 1280. The van der Waals surface area contributed by atoms with Gasteiger partial charge >= 0.3 is 0 Å². The monoisotopic (exact) mass is 520 g/mol. The number of hydrogen-bond acceptors (Lipinski definition) is 5. The van der Waals surface area contributed by atoms with Gasteiger partial charge in [0.05, 0.1) is 24.2 Å². The number of likely N-dealkylation sites (tertiary alicyclic amines) is 1. The summed E-state index contributed by atoms with van der Waals surface area (Å²) in [5, 5.41) is 3.25. The third kappa shape index (κ3) is 4.57. The highest BCUT2D eigenvalue weighted by molar-refractivity contribution is 7.90. The fourth-order valence-electron chi connectivity index (χ4n) is 5.26. The van der Waals surface area contributed by atoms with E-state index in [1.807, 2.05) is 0 Å². The second-order valence-electron chi connectivity index (χ2n) is 9.62. The molecule has 7 nitrogen and oxygen atoms in total. The minimum absolute atomic E-state index is 0.0527. The average Bonchev–Trinajstić information content (AvgIpc) is 3.01. The lowest BCUT2D eigenvalue weighted by molar-refractivity contribution is -0.128. The van der Waals surface area contributed by atoms with Crippen molar-refractivity contribution in [2.45, 2.75) is 42.3 Å². The highest BCUT2D eigenvalue weighted by atomic mass is 35.5. The summed E-state index contributed by atoms with van der Waals surface area (Å²) in [6.45, 7) is 0.785. The van der Waals surface area contributed by atoms with Crippen LogP contribution < -0.4 is 5.32 Å². The summed E-state index contributed by atoms with van der Waals surface area (Å²) in [4.78, 5) is 28.7. The third-order valence-corrected chi connectivity index (χ3v) is 8.72. The smallest absolute Gasteiger partial charge is 0.254 e. The summed E-state index contributed by atoms with van der Waals surface area (Å²) >= 11 is 5.91. The zero-order chi connectivity index (χ0) is 24.9. The lowest BCUT2D eigenvalue weighted by Gasteiger charge is -2.38. The Morgan fingerprint density at radius 2 is 1.94 bits per heavy atom. The Hall–Kier alpha value is -2.49. The van der Waals surface area contributed by atoms with Crippen LogP contribution in [0.2, 0.25) is 5.02 Å². The zero-order valence-corrected chi connectivity index (χ0v) is 20.7. The summed E-state index contributed by atoms with van der Waals surface area (Å²) in [5.74, 6) is -1.11. The number of carbonyl (C=O) groups excluding carboxylic acids is 2. The maximum Gasteiger partial charge on any atom is 0.254 e. The largest absolute Gasteiger partial charge is 0.381 e. The van der Waals surface area contributed by atoms with Gasteiger partial charge in [-0.15, -0.1) is 0 Å². The first-order chi connectivity index (χ1) is 16.6. The molecule has 0 bridgehead atoms. The van der Waals surface area contributed by atoms with Crippen LogP contribution in [0.5, 0.6) is 0 Å². The van der Waals surface area contributed by atoms with E-state index in [1.54, 1.807) is 23.1 Å². The van der Waals surface area contributed by atoms with Crippen LogP contribution in [0.4, 0.5) is 4.39 Å². The molecule has 2 aromatic rings. The van der Waals surface area contributed by atoms with Crippen LogP contribution in [0.15, 0.2) is 47.4 Å². The number of hydrogen-bond donors (Lipinski definition) is 1. The van der Waals surface area contributed by atoms with E-state index >= 15 is 0 Å². The molecule has 0 spiro atoms. The highest BCUT2D eigenvalue weighted by Crippen LogP contribution is 2.45. The Morgan fingerprint density at radius 1 is 1.17 bits per heavy atom. The lowest BCUT2D eigenvalue weighted by Crippen LogP contribution is -2.52. The normalized spacial score (nSPS) is 24.8. The molecular weight excluding hydrogens is 495 g/mol. The molecule has 10 heteroatoms. The molecule has 4 atom stereocenters. The molecule has 2 aromatic carbocycles. The molecule has 1 saturated carbocycles. The molecule has 0 unspecified atom stereocenters. The minimum Gasteiger partial charge on any atom is -0.381 e. The van der Waals surface area contributed by atoms with Gasteiger partial charge in [0.1, 0.15) is 11.9 Å². The van der Waals surface area contributed by atoms with Crippen LogP contribution in [-0.4, -0.2) is 56.7 Å². The number of nitrogens with zero attached hydrogens (tertiary/aromatic N) is 1. The van der Waals surface area contributed by atoms with Crippen molar-refractivity contribution in [1.29, 1.82) is 0 Å². The van der Waals surface area contributed by atoms with Gasteiger partial charge in [-0.2, -0.15) is 0 Å². The van der Waals surface area contributed by atoms with Crippen molar-refractivity contribution >= 4 is 33.3 Å². The average molecular weight is 521 g/mol. The molecule has 0 aromatic heterocycles. The van der Waals surface area contributed by atoms with Crippen molar-refractivity contribution in [3.63, 3.8) is 0 Å². The van der Waals surface area contributed by atoms with E-state index in [0.717, 1.165) is 19.1 Å². The first-order valence-electron chi connectivity index (χ1n) is 11.6. The Morgan fingerprint density at radius 3 is 2.54 bits per heavy atom. The maximum atomic E-state index is 14.8.